The molecule has 0 aromatic heterocycles. The molecule has 0 spiro atoms. The third-order valence-corrected chi connectivity index (χ3v) is 6.14. The standard InChI is InChI=1S/C27H31ClO5/c1-8-17-9-10-19(18-11-13-20(28)14-12-18)15-21(17)22-23(29)26(3,4)33-27(5,6)24(22)32-25(30)16(2)31-7/h9-16H,8H2,1-7H3. The lowest BCUT2D eigenvalue weighted by Gasteiger charge is -2.42. The van der Waals surface area contributed by atoms with Crippen LogP contribution >= 0.6 is 11.6 Å². The van der Waals surface area contributed by atoms with Crippen LogP contribution in [0.25, 0.3) is 16.7 Å². The summed E-state index contributed by atoms with van der Waals surface area (Å²) in [5.41, 5.74) is 1.84. The SMILES string of the molecule is CCc1ccc(-c2ccc(Cl)cc2)cc1C1=C(OC(=O)C(C)OC)C(C)(C)OC(C)(C)C1=O. The zero-order valence-corrected chi connectivity index (χ0v) is 21.0. The maximum absolute atomic E-state index is 13.7. The second kappa shape index (κ2) is 9.41. The summed E-state index contributed by atoms with van der Waals surface area (Å²) in [6.45, 7) is 10.7. The lowest BCUT2D eigenvalue weighted by atomic mass is 9.80. The van der Waals surface area contributed by atoms with Crippen molar-refractivity contribution in [3.05, 3.63) is 64.4 Å². The molecule has 2 aromatic carbocycles. The van der Waals surface area contributed by atoms with Gasteiger partial charge < -0.3 is 14.2 Å². The van der Waals surface area contributed by atoms with Gasteiger partial charge in [-0.2, -0.15) is 0 Å². The van der Waals surface area contributed by atoms with Gasteiger partial charge in [0, 0.05) is 12.1 Å². The summed E-state index contributed by atoms with van der Waals surface area (Å²) in [7, 11) is 1.43. The molecule has 1 aliphatic rings. The number of aryl methyl sites for hydroxylation is 1. The molecule has 33 heavy (non-hydrogen) atoms. The molecule has 2 aromatic rings. The van der Waals surface area contributed by atoms with E-state index in [0.717, 1.165) is 22.3 Å². The van der Waals surface area contributed by atoms with E-state index in [-0.39, 0.29) is 11.5 Å². The fourth-order valence-electron chi connectivity index (χ4n) is 4.07. The molecule has 0 saturated carbocycles. The van der Waals surface area contributed by atoms with E-state index in [1.54, 1.807) is 34.6 Å². The zero-order chi connectivity index (χ0) is 24.6. The maximum Gasteiger partial charge on any atom is 0.340 e. The van der Waals surface area contributed by atoms with Gasteiger partial charge in [0.2, 0.25) is 0 Å². The van der Waals surface area contributed by atoms with Crippen molar-refractivity contribution in [2.75, 3.05) is 7.11 Å². The van der Waals surface area contributed by atoms with E-state index in [9.17, 15) is 9.59 Å². The van der Waals surface area contributed by atoms with Gasteiger partial charge in [-0.1, -0.05) is 42.8 Å². The molecule has 0 amide bonds. The summed E-state index contributed by atoms with van der Waals surface area (Å²) < 4.78 is 17.0. The van der Waals surface area contributed by atoms with Crippen LogP contribution in [0.3, 0.4) is 0 Å². The molecule has 3 rings (SSSR count). The third-order valence-electron chi connectivity index (χ3n) is 5.88. The number of esters is 1. The first kappa shape index (κ1) is 25.2. The van der Waals surface area contributed by atoms with Crippen LogP contribution in [0.5, 0.6) is 0 Å². The lowest BCUT2D eigenvalue weighted by molar-refractivity contribution is -0.170. The molecular weight excluding hydrogens is 440 g/mol. The minimum absolute atomic E-state index is 0.198. The normalized spacial score (nSPS) is 18.2. The number of benzene rings is 2. The molecule has 6 heteroatoms. The highest BCUT2D eigenvalue weighted by atomic mass is 35.5. The van der Waals surface area contributed by atoms with Crippen LogP contribution in [0, 0.1) is 0 Å². The maximum atomic E-state index is 13.7. The largest absolute Gasteiger partial charge is 0.425 e. The van der Waals surface area contributed by atoms with E-state index in [2.05, 4.69) is 0 Å². The second-order valence-corrected chi connectivity index (χ2v) is 9.62. The quantitative estimate of drug-likeness (QED) is 0.483. The number of halogens is 1. The van der Waals surface area contributed by atoms with Crippen molar-refractivity contribution in [1.82, 2.24) is 0 Å². The summed E-state index contributed by atoms with van der Waals surface area (Å²) in [6, 6.07) is 13.5. The predicted molar refractivity (Wildman–Crippen MR) is 130 cm³/mol. The molecule has 176 valence electrons. The minimum Gasteiger partial charge on any atom is -0.425 e. The zero-order valence-electron chi connectivity index (χ0n) is 20.2. The van der Waals surface area contributed by atoms with E-state index in [1.165, 1.54) is 7.11 Å². The van der Waals surface area contributed by atoms with E-state index < -0.39 is 23.3 Å². The van der Waals surface area contributed by atoms with Crippen molar-refractivity contribution < 1.29 is 23.8 Å². The predicted octanol–water partition coefficient (Wildman–Crippen LogP) is 6.02. The highest BCUT2D eigenvalue weighted by Gasteiger charge is 2.49. The molecule has 0 N–H and O–H groups in total. The Morgan fingerprint density at radius 3 is 2.21 bits per heavy atom. The van der Waals surface area contributed by atoms with Crippen molar-refractivity contribution in [3.63, 3.8) is 0 Å². The monoisotopic (exact) mass is 470 g/mol. The topological polar surface area (TPSA) is 61.8 Å². The Labute approximate surface area is 200 Å². The van der Waals surface area contributed by atoms with Gasteiger partial charge in [0.05, 0.1) is 5.57 Å². The number of carbonyl (C=O) groups is 2. The average molecular weight is 471 g/mol. The van der Waals surface area contributed by atoms with Gasteiger partial charge in [-0.15, -0.1) is 0 Å². The lowest BCUT2D eigenvalue weighted by Crippen LogP contribution is -2.50. The number of methoxy groups -OCH3 is 1. The van der Waals surface area contributed by atoms with Gasteiger partial charge in [-0.25, -0.2) is 4.79 Å². The molecule has 0 saturated heterocycles. The van der Waals surface area contributed by atoms with Crippen molar-refractivity contribution in [3.8, 4) is 11.1 Å². The molecule has 1 heterocycles. The van der Waals surface area contributed by atoms with Crippen LogP contribution < -0.4 is 0 Å². The number of ketones is 1. The van der Waals surface area contributed by atoms with Crippen LogP contribution in [0.4, 0.5) is 0 Å². The number of Topliss-reactive ketones (excluding diaryl/α,β-unsaturated/α-hetero) is 1. The van der Waals surface area contributed by atoms with Crippen LogP contribution in [0.15, 0.2) is 48.2 Å². The highest BCUT2D eigenvalue weighted by molar-refractivity contribution is 6.30. The summed E-state index contributed by atoms with van der Waals surface area (Å²) in [5.74, 6) is -0.623. The minimum atomic E-state index is -1.09. The van der Waals surface area contributed by atoms with Gasteiger partial charge in [0.25, 0.3) is 0 Å². The van der Waals surface area contributed by atoms with E-state index in [0.29, 0.717) is 17.0 Å². The molecule has 5 nitrogen and oxygen atoms in total. The van der Waals surface area contributed by atoms with Gasteiger partial charge >= 0.3 is 5.97 Å². The van der Waals surface area contributed by atoms with E-state index in [4.69, 9.17) is 25.8 Å². The van der Waals surface area contributed by atoms with Crippen LogP contribution in [0.2, 0.25) is 5.02 Å². The summed E-state index contributed by atoms with van der Waals surface area (Å²) in [5, 5.41) is 0.649. The summed E-state index contributed by atoms with van der Waals surface area (Å²) in [4.78, 5) is 26.4. The Balaban J connectivity index is 2.29. The number of hydrogen-bond donors (Lipinski definition) is 0. The van der Waals surface area contributed by atoms with Crippen molar-refractivity contribution >= 4 is 28.9 Å². The molecule has 1 aliphatic heterocycles. The number of hydrogen-bond acceptors (Lipinski definition) is 5. The van der Waals surface area contributed by atoms with Crippen LogP contribution in [0.1, 0.15) is 52.7 Å². The Kier molecular flexibility index (Phi) is 7.18. The summed E-state index contributed by atoms with van der Waals surface area (Å²) in [6.07, 6.45) is -0.0876. The van der Waals surface area contributed by atoms with Crippen LogP contribution in [-0.4, -0.2) is 36.2 Å². The van der Waals surface area contributed by atoms with Gasteiger partial charge in [-0.05, 0) is 81.5 Å². The van der Waals surface area contributed by atoms with Crippen molar-refractivity contribution in [1.29, 1.82) is 0 Å². The molecule has 1 atom stereocenters. The highest BCUT2D eigenvalue weighted by Crippen LogP contribution is 2.43. The van der Waals surface area contributed by atoms with Crippen molar-refractivity contribution in [2.24, 2.45) is 0 Å². The first-order valence-corrected chi connectivity index (χ1v) is 11.4. The van der Waals surface area contributed by atoms with Gasteiger partial charge in [0.15, 0.2) is 17.6 Å². The molecule has 0 radical (unpaired) electrons. The Morgan fingerprint density at radius 1 is 1.03 bits per heavy atom. The average Bonchev–Trinajstić information content (AvgIpc) is 2.76. The number of rotatable bonds is 6. The first-order chi connectivity index (χ1) is 15.4. The van der Waals surface area contributed by atoms with E-state index in [1.807, 2.05) is 49.4 Å². The van der Waals surface area contributed by atoms with Crippen molar-refractivity contribution in [2.45, 2.75) is 65.3 Å². The summed E-state index contributed by atoms with van der Waals surface area (Å²) >= 11 is 6.06. The smallest absolute Gasteiger partial charge is 0.340 e. The number of carbonyl (C=O) groups excluding carboxylic acids is 2. The fraction of sp³-hybridized carbons (Fsp3) is 0.407. The fourth-order valence-corrected chi connectivity index (χ4v) is 4.20. The molecule has 0 bridgehead atoms. The van der Waals surface area contributed by atoms with Crippen LogP contribution in [-0.2, 0) is 30.2 Å². The Hall–Kier alpha value is -2.47. The second-order valence-electron chi connectivity index (χ2n) is 9.19. The molecule has 0 fully saturated rings. The van der Waals surface area contributed by atoms with Gasteiger partial charge in [0.1, 0.15) is 11.2 Å². The Bertz CT molecular complexity index is 1100. The third kappa shape index (κ3) is 5.06. The Morgan fingerprint density at radius 2 is 1.64 bits per heavy atom. The molecule has 0 aliphatic carbocycles. The molecule has 1 unspecified atom stereocenters. The van der Waals surface area contributed by atoms with E-state index >= 15 is 0 Å². The van der Waals surface area contributed by atoms with Gasteiger partial charge in [-0.3, -0.25) is 4.79 Å². The molecular formula is C27H31ClO5. The number of ether oxygens (including phenoxy) is 3. The first-order valence-electron chi connectivity index (χ1n) is 11.0.